The summed E-state index contributed by atoms with van der Waals surface area (Å²) >= 11 is 0. The number of unbranched alkanes of at least 4 members (excludes halogenated alkanes) is 2. The first-order valence-corrected chi connectivity index (χ1v) is 6.07. The summed E-state index contributed by atoms with van der Waals surface area (Å²) in [7, 11) is 0. The van der Waals surface area contributed by atoms with E-state index in [9.17, 15) is 0 Å². The van der Waals surface area contributed by atoms with Gasteiger partial charge in [-0.1, -0.05) is 31.9 Å². The summed E-state index contributed by atoms with van der Waals surface area (Å²) in [6, 6.07) is 8.20. The molecular formula is C14H21NO. The highest BCUT2D eigenvalue weighted by Crippen LogP contribution is 2.13. The molecule has 2 heteroatoms. The first-order chi connectivity index (χ1) is 7.86. The Kier molecular flexibility index (Phi) is 6.31. The van der Waals surface area contributed by atoms with E-state index in [0.29, 0.717) is 0 Å². The molecule has 0 unspecified atom stereocenters. The quantitative estimate of drug-likeness (QED) is 0.523. The summed E-state index contributed by atoms with van der Waals surface area (Å²) < 4.78 is 5.62. The number of aryl methyl sites for hydroxylation is 1. The van der Waals surface area contributed by atoms with Crippen LogP contribution in [0.5, 0.6) is 5.75 Å². The lowest BCUT2D eigenvalue weighted by Gasteiger charge is -2.06. The van der Waals surface area contributed by atoms with Crippen molar-refractivity contribution in [2.24, 2.45) is 0 Å². The van der Waals surface area contributed by atoms with Crippen LogP contribution in [-0.4, -0.2) is 12.8 Å². The van der Waals surface area contributed by atoms with E-state index in [-0.39, 0.29) is 0 Å². The Balaban J connectivity index is 2.30. The minimum absolute atomic E-state index is 0.813. The Bertz CT molecular complexity index is 292. The minimum Gasteiger partial charge on any atom is -0.494 e. The second kappa shape index (κ2) is 7.91. The van der Waals surface area contributed by atoms with Crippen molar-refractivity contribution in [2.75, 3.05) is 6.61 Å². The first-order valence-electron chi connectivity index (χ1n) is 6.07. The molecule has 1 N–H and O–H groups in total. The van der Waals surface area contributed by atoms with Crippen molar-refractivity contribution < 1.29 is 4.74 Å². The Morgan fingerprint density at radius 2 is 1.94 bits per heavy atom. The van der Waals surface area contributed by atoms with Gasteiger partial charge in [-0.3, -0.25) is 0 Å². The molecule has 1 aromatic carbocycles. The summed E-state index contributed by atoms with van der Waals surface area (Å²) in [6.07, 6.45) is 6.81. The van der Waals surface area contributed by atoms with Crippen LogP contribution < -0.4 is 4.74 Å². The topological polar surface area (TPSA) is 33.1 Å². The lowest BCUT2D eigenvalue weighted by Crippen LogP contribution is -1.97. The average Bonchev–Trinajstić information content (AvgIpc) is 2.33. The second-order valence-electron chi connectivity index (χ2n) is 3.94. The molecule has 0 radical (unpaired) electrons. The molecular weight excluding hydrogens is 198 g/mol. The van der Waals surface area contributed by atoms with E-state index in [2.05, 4.69) is 19.1 Å². The predicted octanol–water partition coefficient (Wildman–Crippen LogP) is 3.84. The van der Waals surface area contributed by atoms with Crippen LogP contribution in [0.2, 0.25) is 0 Å². The van der Waals surface area contributed by atoms with Gasteiger partial charge in [-0.05, 0) is 43.2 Å². The van der Waals surface area contributed by atoms with Crippen LogP contribution in [0.1, 0.15) is 38.2 Å². The highest BCUT2D eigenvalue weighted by atomic mass is 16.5. The molecule has 0 aliphatic carbocycles. The number of hydrogen-bond donors (Lipinski definition) is 1. The zero-order valence-corrected chi connectivity index (χ0v) is 10.0. The van der Waals surface area contributed by atoms with Crippen molar-refractivity contribution in [1.29, 1.82) is 5.41 Å². The van der Waals surface area contributed by atoms with Crippen molar-refractivity contribution in [3.8, 4) is 5.75 Å². The van der Waals surface area contributed by atoms with E-state index in [4.69, 9.17) is 10.1 Å². The molecule has 2 nitrogen and oxygen atoms in total. The molecule has 0 amide bonds. The van der Waals surface area contributed by atoms with Crippen LogP contribution in [0.15, 0.2) is 24.3 Å². The molecule has 0 aliphatic heterocycles. The van der Waals surface area contributed by atoms with Gasteiger partial charge in [0, 0.05) is 0 Å². The monoisotopic (exact) mass is 219 g/mol. The van der Waals surface area contributed by atoms with Crippen LogP contribution in [0.25, 0.3) is 0 Å². The predicted molar refractivity (Wildman–Crippen MR) is 68.6 cm³/mol. The van der Waals surface area contributed by atoms with E-state index in [0.717, 1.165) is 31.6 Å². The Labute approximate surface area is 98.1 Å². The SMILES string of the molecule is CCCCCOc1ccc(CCC=N)cc1. The molecule has 0 aromatic heterocycles. The van der Waals surface area contributed by atoms with Gasteiger partial charge in [-0.15, -0.1) is 0 Å². The molecule has 88 valence electrons. The van der Waals surface area contributed by atoms with E-state index in [1.165, 1.54) is 24.6 Å². The van der Waals surface area contributed by atoms with Gasteiger partial charge in [-0.2, -0.15) is 0 Å². The largest absolute Gasteiger partial charge is 0.494 e. The van der Waals surface area contributed by atoms with Crippen molar-refractivity contribution in [1.82, 2.24) is 0 Å². The summed E-state index contributed by atoms with van der Waals surface area (Å²) in [4.78, 5) is 0. The average molecular weight is 219 g/mol. The first kappa shape index (κ1) is 12.8. The fraction of sp³-hybridized carbons (Fsp3) is 0.500. The van der Waals surface area contributed by atoms with Crippen LogP contribution in [0, 0.1) is 5.41 Å². The standard InChI is InChI=1S/C14H21NO/c1-2-3-4-12-16-14-9-7-13(8-10-14)6-5-11-15/h7-11,15H,2-6,12H2,1H3. The molecule has 0 saturated heterocycles. The summed E-state index contributed by atoms with van der Waals surface area (Å²) in [5.74, 6) is 0.953. The van der Waals surface area contributed by atoms with Crippen molar-refractivity contribution in [2.45, 2.75) is 39.0 Å². The van der Waals surface area contributed by atoms with Crippen LogP contribution in [-0.2, 0) is 6.42 Å². The molecule has 0 aliphatic rings. The van der Waals surface area contributed by atoms with Crippen LogP contribution in [0.3, 0.4) is 0 Å². The lowest BCUT2D eigenvalue weighted by molar-refractivity contribution is 0.306. The van der Waals surface area contributed by atoms with E-state index < -0.39 is 0 Å². The fourth-order valence-corrected chi connectivity index (χ4v) is 1.53. The van der Waals surface area contributed by atoms with E-state index in [1.807, 2.05) is 12.1 Å². The van der Waals surface area contributed by atoms with E-state index >= 15 is 0 Å². The number of benzene rings is 1. The van der Waals surface area contributed by atoms with Crippen molar-refractivity contribution in [3.05, 3.63) is 29.8 Å². The number of nitrogens with one attached hydrogen (secondary N) is 1. The van der Waals surface area contributed by atoms with Gasteiger partial charge < -0.3 is 10.1 Å². The van der Waals surface area contributed by atoms with Crippen molar-refractivity contribution in [3.63, 3.8) is 0 Å². The third-order valence-electron chi connectivity index (χ3n) is 2.52. The van der Waals surface area contributed by atoms with E-state index in [1.54, 1.807) is 0 Å². The molecule has 1 rings (SSSR count). The van der Waals surface area contributed by atoms with Gasteiger partial charge in [0.25, 0.3) is 0 Å². The Morgan fingerprint density at radius 3 is 2.56 bits per heavy atom. The molecule has 0 fully saturated rings. The Morgan fingerprint density at radius 1 is 1.19 bits per heavy atom. The maximum atomic E-state index is 6.97. The van der Waals surface area contributed by atoms with Gasteiger partial charge in [0.05, 0.1) is 6.61 Å². The molecule has 0 spiro atoms. The molecule has 0 atom stereocenters. The third-order valence-corrected chi connectivity index (χ3v) is 2.52. The molecule has 1 aromatic rings. The Hall–Kier alpha value is -1.31. The normalized spacial score (nSPS) is 10.1. The fourth-order valence-electron chi connectivity index (χ4n) is 1.53. The molecule has 0 saturated carbocycles. The number of hydrogen-bond acceptors (Lipinski definition) is 2. The minimum atomic E-state index is 0.813. The summed E-state index contributed by atoms with van der Waals surface area (Å²) in [6.45, 7) is 3.01. The molecule has 0 bridgehead atoms. The zero-order chi connectivity index (χ0) is 11.6. The number of rotatable bonds is 8. The zero-order valence-electron chi connectivity index (χ0n) is 10.0. The van der Waals surface area contributed by atoms with Crippen molar-refractivity contribution >= 4 is 6.21 Å². The van der Waals surface area contributed by atoms with Gasteiger partial charge in [-0.25, -0.2) is 0 Å². The van der Waals surface area contributed by atoms with Gasteiger partial charge >= 0.3 is 0 Å². The lowest BCUT2D eigenvalue weighted by atomic mass is 10.1. The maximum Gasteiger partial charge on any atom is 0.119 e. The molecule has 0 heterocycles. The summed E-state index contributed by atoms with van der Waals surface area (Å²) in [5, 5.41) is 6.97. The highest BCUT2D eigenvalue weighted by molar-refractivity contribution is 5.53. The van der Waals surface area contributed by atoms with Gasteiger partial charge in [0.15, 0.2) is 0 Å². The smallest absolute Gasteiger partial charge is 0.119 e. The third kappa shape index (κ3) is 4.96. The number of ether oxygens (including phenoxy) is 1. The van der Waals surface area contributed by atoms with Gasteiger partial charge in [0.2, 0.25) is 0 Å². The summed E-state index contributed by atoms with van der Waals surface area (Å²) in [5.41, 5.74) is 1.27. The maximum absolute atomic E-state index is 6.97. The second-order valence-corrected chi connectivity index (χ2v) is 3.94. The molecule has 16 heavy (non-hydrogen) atoms. The van der Waals surface area contributed by atoms with Crippen LogP contribution in [0.4, 0.5) is 0 Å². The van der Waals surface area contributed by atoms with Gasteiger partial charge in [0.1, 0.15) is 5.75 Å². The van der Waals surface area contributed by atoms with Crippen LogP contribution >= 0.6 is 0 Å². The highest BCUT2D eigenvalue weighted by Gasteiger charge is 1.95.